The van der Waals surface area contributed by atoms with Crippen molar-refractivity contribution in [2.75, 3.05) is 19.6 Å². The molecule has 0 fully saturated rings. The monoisotopic (exact) mass is 466 g/mol. The lowest BCUT2D eigenvalue weighted by molar-refractivity contribution is -0.134. The van der Waals surface area contributed by atoms with Gasteiger partial charge in [0.15, 0.2) is 0 Å². The first-order chi connectivity index (χ1) is 15.4. The summed E-state index contributed by atoms with van der Waals surface area (Å²) in [6, 6.07) is 19.1. The van der Waals surface area contributed by atoms with Gasteiger partial charge in [0, 0.05) is 28.6 Å². The molecule has 32 heavy (non-hydrogen) atoms. The highest BCUT2D eigenvalue weighted by Gasteiger charge is 2.34. The molecule has 6 heteroatoms. The Hall–Kier alpha value is -2.63. The highest BCUT2D eigenvalue weighted by molar-refractivity contribution is 7.10. The fraction of sp³-hybridized carbons (Fsp3) is 0.308. The minimum atomic E-state index is -0.168. The second-order valence-corrected chi connectivity index (χ2v) is 9.98. The Balaban J connectivity index is 1.61. The lowest BCUT2D eigenvalue weighted by atomic mass is 9.93. The summed E-state index contributed by atoms with van der Waals surface area (Å²) in [6.07, 6.45) is 0.842. The van der Waals surface area contributed by atoms with Crippen LogP contribution in [0.4, 0.5) is 0 Å². The average Bonchev–Trinajstić information content (AvgIpc) is 3.26. The normalized spacial score (nSPS) is 15.5. The van der Waals surface area contributed by atoms with Gasteiger partial charge in [-0.2, -0.15) is 0 Å². The van der Waals surface area contributed by atoms with Crippen LogP contribution in [0.2, 0.25) is 5.02 Å². The molecule has 1 aromatic heterocycles. The van der Waals surface area contributed by atoms with Crippen molar-refractivity contribution in [3.63, 3.8) is 0 Å². The van der Waals surface area contributed by atoms with Crippen molar-refractivity contribution < 1.29 is 9.59 Å². The maximum Gasteiger partial charge on any atom is 0.254 e. The van der Waals surface area contributed by atoms with Gasteiger partial charge in [-0.3, -0.25) is 9.59 Å². The van der Waals surface area contributed by atoms with Crippen LogP contribution < -0.4 is 0 Å². The zero-order chi connectivity index (χ0) is 22.7. The van der Waals surface area contributed by atoms with Gasteiger partial charge in [-0.05, 0) is 53.1 Å². The molecule has 1 aliphatic heterocycles. The summed E-state index contributed by atoms with van der Waals surface area (Å²) in [5.74, 6) is 0.0338. The predicted octanol–water partition coefficient (Wildman–Crippen LogP) is 5.67. The molecule has 3 aromatic rings. The third-order valence-corrected chi connectivity index (χ3v) is 6.90. The van der Waals surface area contributed by atoms with E-state index < -0.39 is 0 Å². The molecule has 0 N–H and O–H groups in total. The van der Waals surface area contributed by atoms with E-state index in [1.165, 1.54) is 10.4 Å². The first-order valence-corrected chi connectivity index (χ1v) is 12.2. The second kappa shape index (κ2) is 9.88. The van der Waals surface area contributed by atoms with Gasteiger partial charge in [0.1, 0.15) is 6.54 Å². The van der Waals surface area contributed by atoms with E-state index in [4.69, 9.17) is 11.6 Å². The summed E-state index contributed by atoms with van der Waals surface area (Å²) in [6.45, 7) is 5.30. The number of fused-ring (bicyclic) bond motifs is 1. The minimum Gasteiger partial charge on any atom is -0.330 e. The molecule has 1 unspecified atom stereocenters. The molecule has 4 nitrogen and oxygen atoms in total. The molecule has 0 saturated heterocycles. The Morgan fingerprint density at radius 3 is 2.62 bits per heavy atom. The van der Waals surface area contributed by atoms with Crippen molar-refractivity contribution in [3.8, 4) is 0 Å². The van der Waals surface area contributed by atoms with Crippen LogP contribution in [0.5, 0.6) is 0 Å². The number of hydrogen-bond acceptors (Lipinski definition) is 3. The third kappa shape index (κ3) is 4.89. The van der Waals surface area contributed by atoms with Gasteiger partial charge in [0.05, 0.1) is 6.04 Å². The molecule has 0 bridgehead atoms. The number of benzene rings is 2. The van der Waals surface area contributed by atoms with Gasteiger partial charge in [-0.15, -0.1) is 11.3 Å². The molecule has 2 amide bonds. The molecule has 2 heterocycles. The van der Waals surface area contributed by atoms with Crippen LogP contribution in [0.3, 0.4) is 0 Å². The van der Waals surface area contributed by atoms with Crippen LogP contribution in [0, 0.1) is 5.92 Å². The van der Waals surface area contributed by atoms with Crippen molar-refractivity contribution >= 4 is 34.8 Å². The number of nitrogens with zero attached hydrogens (tertiary/aromatic N) is 2. The highest BCUT2D eigenvalue weighted by atomic mass is 35.5. The number of carbonyl (C=O) groups is 2. The third-order valence-electron chi connectivity index (χ3n) is 5.67. The molecule has 2 aromatic carbocycles. The quantitative estimate of drug-likeness (QED) is 0.469. The van der Waals surface area contributed by atoms with E-state index in [0.717, 1.165) is 12.0 Å². The van der Waals surface area contributed by atoms with Crippen LogP contribution >= 0.6 is 22.9 Å². The first-order valence-electron chi connectivity index (χ1n) is 10.9. The molecule has 0 saturated carbocycles. The van der Waals surface area contributed by atoms with Gasteiger partial charge in [0.2, 0.25) is 5.91 Å². The van der Waals surface area contributed by atoms with Gasteiger partial charge < -0.3 is 9.80 Å². The van der Waals surface area contributed by atoms with Crippen LogP contribution in [0.25, 0.3) is 0 Å². The number of thiophene rings is 1. The molecule has 0 spiro atoms. The Morgan fingerprint density at radius 1 is 1.12 bits per heavy atom. The highest BCUT2D eigenvalue weighted by Crippen LogP contribution is 2.37. The molecular weight excluding hydrogens is 440 g/mol. The van der Waals surface area contributed by atoms with Crippen LogP contribution in [0.15, 0.2) is 66.0 Å². The summed E-state index contributed by atoms with van der Waals surface area (Å²) < 4.78 is 0. The van der Waals surface area contributed by atoms with E-state index in [0.29, 0.717) is 23.7 Å². The zero-order valence-electron chi connectivity index (χ0n) is 18.3. The van der Waals surface area contributed by atoms with Crippen molar-refractivity contribution in [1.29, 1.82) is 0 Å². The Bertz CT molecular complexity index is 1100. The number of carbonyl (C=O) groups excluding carboxylic acids is 2. The molecular formula is C26H27ClN2O2S. The molecule has 166 valence electrons. The van der Waals surface area contributed by atoms with E-state index >= 15 is 0 Å². The second-order valence-electron chi connectivity index (χ2n) is 8.54. The van der Waals surface area contributed by atoms with Gasteiger partial charge >= 0.3 is 0 Å². The number of rotatable bonds is 6. The van der Waals surface area contributed by atoms with E-state index in [1.807, 2.05) is 36.9 Å². The number of amides is 2. The summed E-state index contributed by atoms with van der Waals surface area (Å²) in [4.78, 5) is 31.8. The van der Waals surface area contributed by atoms with E-state index in [1.54, 1.807) is 40.5 Å². The minimum absolute atomic E-state index is 0.0354. The molecule has 1 atom stereocenters. The van der Waals surface area contributed by atoms with Crippen LogP contribution in [-0.2, 0) is 11.2 Å². The fourth-order valence-electron chi connectivity index (χ4n) is 4.30. The summed E-state index contributed by atoms with van der Waals surface area (Å²) in [5.41, 5.74) is 2.79. The SMILES string of the molecule is CC(C)CN(CC(=O)N1CCc2sccc2C1c1ccccc1)C(=O)c1cccc(Cl)c1. The summed E-state index contributed by atoms with van der Waals surface area (Å²) in [5, 5.41) is 2.61. The largest absolute Gasteiger partial charge is 0.330 e. The maximum absolute atomic E-state index is 13.6. The molecule has 0 aliphatic carbocycles. The average molecular weight is 467 g/mol. The van der Waals surface area contributed by atoms with E-state index in [-0.39, 0.29) is 30.3 Å². The predicted molar refractivity (Wildman–Crippen MR) is 130 cm³/mol. The van der Waals surface area contributed by atoms with Crippen molar-refractivity contribution in [2.24, 2.45) is 5.92 Å². The van der Waals surface area contributed by atoms with E-state index in [9.17, 15) is 9.59 Å². The molecule has 0 radical (unpaired) electrons. The topological polar surface area (TPSA) is 40.6 Å². The van der Waals surface area contributed by atoms with Crippen molar-refractivity contribution in [1.82, 2.24) is 9.80 Å². The Morgan fingerprint density at radius 2 is 1.91 bits per heavy atom. The standard InChI is InChI=1S/C26H27ClN2O2S/c1-18(2)16-28(26(31)20-9-6-10-21(27)15-20)17-24(30)29-13-11-23-22(12-14-32-23)25(29)19-7-4-3-5-8-19/h3-10,12,14-15,18,25H,11,13,16-17H2,1-2H3. The van der Waals surface area contributed by atoms with Crippen molar-refractivity contribution in [3.05, 3.63) is 92.6 Å². The van der Waals surface area contributed by atoms with Crippen LogP contribution in [-0.4, -0.2) is 41.2 Å². The van der Waals surface area contributed by atoms with Gasteiger partial charge in [0.25, 0.3) is 5.91 Å². The number of halogens is 1. The maximum atomic E-state index is 13.6. The smallest absolute Gasteiger partial charge is 0.254 e. The van der Waals surface area contributed by atoms with Gasteiger partial charge in [-0.25, -0.2) is 0 Å². The molecule has 4 rings (SSSR count). The Kier molecular flexibility index (Phi) is 6.97. The lowest BCUT2D eigenvalue weighted by Crippen LogP contribution is -2.47. The van der Waals surface area contributed by atoms with Crippen LogP contribution in [0.1, 0.15) is 46.3 Å². The zero-order valence-corrected chi connectivity index (χ0v) is 19.9. The summed E-state index contributed by atoms with van der Waals surface area (Å²) >= 11 is 7.85. The van der Waals surface area contributed by atoms with E-state index in [2.05, 4.69) is 23.6 Å². The molecule has 1 aliphatic rings. The first kappa shape index (κ1) is 22.6. The van der Waals surface area contributed by atoms with Gasteiger partial charge in [-0.1, -0.05) is 61.8 Å². The summed E-state index contributed by atoms with van der Waals surface area (Å²) in [7, 11) is 0. The lowest BCUT2D eigenvalue weighted by Gasteiger charge is -2.38. The Labute approximate surface area is 198 Å². The van der Waals surface area contributed by atoms with Crippen molar-refractivity contribution in [2.45, 2.75) is 26.3 Å². The fourth-order valence-corrected chi connectivity index (χ4v) is 5.39. The number of hydrogen-bond donors (Lipinski definition) is 0.